The van der Waals surface area contributed by atoms with Gasteiger partial charge in [0.25, 0.3) is 0 Å². The molecule has 0 aliphatic heterocycles. The van der Waals surface area contributed by atoms with E-state index < -0.39 is 0 Å². The molecule has 0 atom stereocenters. The van der Waals surface area contributed by atoms with E-state index in [-0.39, 0.29) is 11.3 Å². The van der Waals surface area contributed by atoms with Gasteiger partial charge in [0.15, 0.2) is 0 Å². The number of rotatable bonds is 2. The number of nitrogens with zero attached hydrogens (tertiary/aromatic N) is 1. The average molecular weight is 135 g/mol. The summed E-state index contributed by atoms with van der Waals surface area (Å²) >= 11 is 0. The summed E-state index contributed by atoms with van der Waals surface area (Å²) in [6.07, 6.45) is 1.47. The Morgan fingerprint density at radius 1 is 1.60 bits per heavy atom. The molecule has 0 saturated heterocycles. The zero-order valence-corrected chi connectivity index (χ0v) is 5.89. The second-order valence-electron chi connectivity index (χ2n) is 1.96. The van der Waals surface area contributed by atoms with Crippen molar-refractivity contribution in [3.8, 4) is 6.07 Å². The molecule has 0 aromatic rings. The Hall–Kier alpha value is -1.49. The van der Waals surface area contributed by atoms with Crippen LogP contribution in [0, 0.1) is 11.3 Å². The lowest BCUT2D eigenvalue weighted by Gasteiger charge is -1.92. The Balaban J connectivity index is 4.55. The van der Waals surface area contributed by atoms with E-state index in [2.05, 4.69) is 13.2 Å². The first-order valence-corrected chi connectivity index (χ1v) is 2.73. The largest absolute Gasteiger partial charge is 0.507 e. The Bertz CT molecular complexity index is 230. The van der Waals surface area contributed by atoms with E-state index in [9.17, 15) is 0 Å². The lowest BCUT2D eigenvalue weighted by atomic mass is 10.2. The van der Waals surface area contributed by atoms with Crippen molar-refractivity contribution in [2.24, 2.45) is 0 Å². The van der Waals surface area contributed by atoms with E-state index in [1.165, 1.54) is 6.08 Å². The molecule has 52 valence electrons. The van der Waals surface area contributed by atoms with Crippen LogP contribution in [0.15, 0.2) is 36.1 Å². The Labute approximate surface area is 60.4 Å². The second-order valence-corrected chi connectivity index (χ2v) is 1.96. The minimum Gasteiger partial charge on any atom is -0.507 e. The van der Waals surface area contributed by atoms with Crippen molar-refractivity contribution in [1.82, 2.24) is 0 Å². The number of hydrogen-bond acceptors (Lipinski definition) is 2. The molecule has 0 heterocycles. The molecule has 0 rings (SSSR count). The zero-order valence-electron chi connectivity index (χ0n) is 5.89. The highest BCUT2D eigenvalue weighted by molar-refractivity contribution is 5.40. The lowest BCUT2D eigenvalue weighted by molar-refractivity contribution is 0.430. The van der Waals surface area contributed by atoms with Crippen LogP contribution in [0.1, 0.15) is 6.92 Å². The van der Waals surface area contributed by atoms with Gasteiger partial charge < -0.3 is 5.11 Å². The topological polar surface area (TPSA) is 44.0 Å². The van der Waals surface area contributed by atoms with E-state index in [1.807, 2.05) is 0 Å². The fourth-order valence-corrected chi connectivity index (χ4v) is 0.427. The first kappa shape index (κ1) is 8.51. The average Bonchev–Trinajstić information content (AvgIpc) is 1.81. The molecule has 1 N–H and O–H groups in total. The Kier molecular flexibility index (Phi) is 2.99. The molecule has 0 bridgehead atoms. The minimum atomic E-state index is -0.217. The maximum absolute atomic E-state index is 8.73. The molecule has 10 heavy (non-hydrogen) atoms. The Morgan fingerprint density at radius 2 is 2.10 bits per heavy atom. The van der Waals surface area contributed by atoms with Crippen LogP contribution in [0.3, 0.4) is 0 Å². The molecular weight excluding hydrogens is 126 g/mol. The van der Waals surface area contributed by atoms with Gasteiger partial charge in [0.1, 0.15) is 11.8 Å². The molecule has 0 aromatic heterocycles. The highest BCUT2D eigenvalue weighted by atomic mass is 16.3. The number of hydrogen-bond donors (Lipinski definition) is 1. The standard InChI is InChI=1S/C8H9NO/c1-6(2)4-8(5-9)7(3)10/h4,10H,1,3H2,2H3/b8-4-. The third kappa shape index (κ3) is 2.73. The number of nitriles is 1. The number of aliphatic hydroxyl groups is 1. The Morgan fingerprint density at radius 3 is 2.20 bits per heavy atom. The van der Waals surface area contributed by atoms with Gasteiger partial charge in [0, 0.05) is 0 Å². The molecule has 0 spiro atoms. The molecule has 0 aliphatic rings. The quantitative estimate of drug-likeness (QED) is 0.358. The van der Waals surface area contributed by atoms with Crippen molar-refractivity contribution >= 4 is 0 Å². The van der Waals surface area contributed by atoms with E-state index in [4.69, 9.17) is 10.4 Å². The maximum Gasteiger partial charge on any atom is 0.126 e. The second kappa shape index (κ2) is 3.52. The van der Waals surface area contributed by atoms with Gasteiger partial charge in [-0.2, -0.15) is 5.26 Å². The highest BCUT2D eigenvalue weighted by Gasteiger charge is 1.96. The van der Waals surface area contributed by atoms with E-state index in [0.29, 0.717) is 5.57 Å². The zero-order chi connectivity index (χ0) is 8.15. The summed E-state index contributed by atoms with van der Waals surface area (Å²) in [7, 11) is 0. The van der Waals surface area contributed by atoms with Crippen molar-refractivity contribution in [3.05, 3.63) is 36.1 Å². The summed E-state index contributed by atoms with van der Waals surface area (Å²) in [5.41, 5.74) is 0.874. The van der Waals surface area contributed by atoms with Crippen molar-refractivity contribution in [2.75, 3.05) is 0 Å². The first-order valence-electron chi connectivity index (χ1n) is 2.73. The van der Waals surface area contributed by atoms with Crippen LogP contribution < -0.4 is 0 Å². The van der Waals surface area contributed by atoms with Gasteiger partial charge in [-0.15, -0.1) is 0 Å². The van der Waals surface area contributed by atoms with Crippen LogP contribution in [0.25, 0.3) is 0 Å². The molecule has 0 radical (unpaired) electrons. The van der Waals surface area contributed by atoms with Crippen LogP contribution in [-0.2, 0) is 0 Å². The van der Waals surface area contributed by atoms with Gasteiger partial charge in [-0.05, 0) is 13.0 Å². The lowest BCUT2D eigenvalue weighted by Crippen LogP contribution is -1.82. The maximum atomic E-state index is 8.73. The molecule has 0 aromatic carbocycles. The number of aliphatic hydroxyl groups excluding tert-OH is 1. The van der Waals surface area contributed by atoms with Gasteiger partial charge in [0.2, 0.25) is 0 Å². The van der Waals surface area contributed by atoms with Crippen LogP contribution in [0.5, 0.6) is 0 Å². The number of allylic oxidation sites excluding steroid dienone is 3. The van der Waals surface area contributed by atoms with Crippen molar-refractivity contribution in [2.45, 2.75) is 6.92 Å². The summed E-state index contributed by atoms with van der Waals surface area (Å²) in [6.45, 7) is 8.48. The van der Waals surface area contributed by atoms with Crippen molar-refractivity contribution in [3.63, 3.8) is 0 Å². The van der Waals surface area contributed by atoms with Crippen LogP contribution in [-0.4, -0.2) is 5.11 Å². The van der Waals surface area contributed by atoms with Crippen molar-refractivity contribution < 1.29 is 5.11 Å². The predicted molar refractivity (Wildman–Crippen MR) is 40.3 cm³/mol. The fraction of sp³-hybridized carbons (Fsp3) is 0.125. The van der Waals surface area contributed by atoms with Gasteiger partial charge in [-0.1, -0.05) is 18.7 Å². The third-order valence-corrected chi connectivity index (χ3v) is 0.822. The molecule has 2 nitrogen and oxygen atoms in total. The first-order chi connectivity index (χ1) is 4.57. The smallest absolute Gasteiger partial charge is 0.126 e. The minimum absolute atomic E-state index is 0.160. The predicted octanol–water partition coefficient (Wildman–Crippen LogP) is 2.08. The third-order valence-electron chi connectivity index (χ3n) is 0.822. The van der Waals surface area contributed by atoms with E-state index in [1.54, 1.807) is 13.0 Å². The highest BCUT2D eigenvalue weighted by Crippen LogP contribution is 2.05. The normalized spacial score (nSPS) is 10.2. The van der Waals surface area contributed by atoms with Crippen LogP contribution >= 0.6 is 0 Å². The van der Waals surface area contributed by atoms with Crippen molar-refractivity contribution in [1.29, 1.82) is 5.26 Å². The monoisotopic (exact) mass is 135 g/mol. The molecule has 0 saturated carbocycles. The summed E-state index contributed by atoms with van der Waals surface area (Å²) < 4.78 is 0. The van der Waals surface area contributed by atoms with Crippen LogP contribution in [0.4, 0.5) is 0 Å². The van der Waals surface area contributed by atoms with Crippen LogP contribution in [0.2, 0.25) is 0 Å². The summed E-state index contributed by atoms with van der Waals surface area (Å²) in [5, 5.41) is 17.1. The summed E-state index contributed by atoms with van der Waals surface area (Å²) in [6, 6.07) is 1.78. The molecule has 2 heteroatoms. The molecule has 0 aliphatic carbocycles. The fourth-order valence-electron chi connectivity index (χ4n) is 0.427. The van der Waals surface area contributed by atoms with Gasteiger partial charge in [0.05, 0.1) is 5.57 Å². The summed E-state index contributed by atoms with van der Waals surface area (Å²) in [4.78, 5) is 0. The van der Waals surface area contributed by atoms with Gasteiger partial charge in [-0.25, -0.2) is 0 Å². The summed E-state index contributed by atoms with van der Waals surface area (Å²) in [5.74, 6) is -0.217. The van der Waals surface area contributed by atoms with E-state index >= 15 is 0 Å². The van der Waals surface area contributed by atoms with Gasteiger partial charge in [-0.3, -0.25) is 0 Å². The molecule has 0 amide bonds. The molecule has 0 unspecified atom stereocenters. The SMILES string of the molecule is C=C(C)/C=C(/C#N)C(=C)O. The van der Waals surface area contributed by atoms with Gasteiger partial charge >= 0.3 is 0 Å². The molecule has 0 fully saturated rings. The van der Waals surface area contributed by atoms with E-state index in [0.717, 1.165) is 0 Å². The molecular formula is C8H9NO.